The third-order valence-corrected chi connectivity index (χ3v) is 6.89. The fourth-order valence-corrected chi connectivity index (χ4v) is 5.03. The number of aliphatic carboxylic acids is 1. The number of nitrogens with two attached hydrogens (primary N) is 1. The Bertz CT molecular complexity index is 902. The van der Waals surface area contributed by atoms with Crippen LogP contribution in [0.2, 0.25) is 5.02 Å². The number of amides is 2. The molecule has 4 atom stereocenters. The van der Waals surface area contributed by atoms with Crippen molar-refractivity contribution < 1.29 is 19.5 Å². The van der Waals surface area contributed by atoms with E-state index in [2.05, 4.69) is 5.32 Å². The molecule has 154 valence electrons. The van der Waals surface area contributed by atoms with Crippen molar-refractivity contribution in [2.24, 2.45) is 23.0 Å². The van der Waals surface area contributed by atoms with Crippen LogP contribution in [0, 0.1) is 17.3 Å². The molecular weight excluding hydrogens is 394 g/mol. The Morgan fingerprint density at radius 3 is 2.59 bits per heavy atom. The minimum atomic E-state index is -1.02. The second-order valence-electron chi connectivity index (χ2n) is 8.27. The molecule has 3 aliphatic rings. The normalized spacial score (nSPS) is 31.3. The van der Waals surface area contributed by atoms with Gasteiger partial charge in [0.15, 0.2) is 0 Å². The zero-order chi connectivity index (χ0) is 20.8. The average molecular weight is 418 g/mol. The maximum absolute atomic E-state index is 13.1. The fraction of sp³-hybridized carbons (Fsp3) is 0.476. The lowest BCUT2D eigenvalue weighted by atomic mass is 9.80. The van der Waals surface area contributed by atoms with Gasteiger partial charge in [-0.15, -0.1) is 0 Å². The molecule has 1 aliphatic carbocycles. The van der Waals surface area contributed by atoms with Gasteiger partial charge in [-0.1, -0.05) is 35.9 Å². The van der Waals surface area contributed by atoms with E-state index < -0.39 is 29.3 Å². The van der Waals surface area contributed by atoms with Crippen LogP contribution in [0.25, 0.3) is 5.57 Å². The van der Waals surface area contributed by atoms with E-state index in [-0.39, 0.29) is 11.8 Å². The number of primary amides is 1. The Morgan fingerprint density at radius 1 is 1.24 bits per heavy atom. The highest BCUT2D eigenvalue weighted by atomic mass is 35.5. The number of hydrogen-bond donors (Lipinski definition) is 3. The van der Waals surface area contributed by atoms with Gasteiger partial charge in [0.1, 0.15) is 6.04 Å². The monoisotopic (exact) mass is 417 g/mol. The van der Waals surface area contributed by atoms with Crippen LogP contribution < -0.4 is 11.1 Å². The summed E-state index contributed by atoms with van der Waals surface area (Å²) < 4.78 is 0. The highest BCUT2D eigenvalue weighted by Gasteiger charge is 2.62. The Labute approximate surface area is 173 Å². The molecular formula is C21H24ClN3O4. The lowest BCUT2D eigenvalue weighted by molar-refractivity contribution is -0.150. The Kier molecular flexibility index (Phi) is 5.12. The number of piperidine rings is 1. The van der Waals surface area contributed by atoms with E-state index in [0.29, 0.717) is 43.9 Å². The van der Waals surface area contributed by atoms with Crippen molar-refractivity contribution in [1.82, 2.24) is 10.2 Å². The number of carbonyl (C=O) groups is 3. The lowest BCUT2D eigenvalue weighted by Gasteiger charge is -2.38. The summed E-state index contributed by atoms with van der Waals surface area (Å²) in [5.74, 6) is -2.79. The van der Waals surface area contributed by atoms with Gasteiger partial charge in [-0.3, -0.25) is 14.4 Å². The van der Waals surface area contributed by atoms with Gasteiger partial charge >= 0.3 is 5.97 Å². The quantitative estimate of drug-likeness (QED) is 0.687. The van der Waals surface area contributed by atoms with Crippen molar-refractivity contribution in [3.63, 3.8) is 0 Å². The third-order valence-electron chi connectivity index (χ3n) is 6.56. The molecule has 0 bridgehead atoms. The molecule has 0 aromatic heterocycles. The van der Waals surface area contributed by atoms with E-state index >= 15 is 0 Å². The van der Waals surface area contributed by atoms with Gasteiger partial charge in [-0.2, -0.15) is 0 Å². The summed E-state index contributed by atoms with van der Waals surface area (Å²) in [5.41, 5.74) is 7.05. The van der Waals surface area contributed by atoms with Crippen LogP contribution in [0.1, 0.15) is 24.8 Å². The number of nitrogens with zero attached hydrogens (tertiary/aromatic N) is 1. The number of carbonyl (C=O) groups excluding carboxylic acids is 2. The SMILES string of the molecule is NC(=O)C1CC12CNC(C(=O)N1CC=C(c3ccccc3Cl)CC1)C(C(=O)O)C2. The zero-order valence-corrected chi connectivity index (χ0v) is 16.7. The van der Waals surface area contributed by atoms with Crippen LogP contribution in [0.15, 0.2) is 30.3 Å². The predicted octanol–water partition coefficient (Wildman–Crippen LogP) is 1.51. The summed E-state index contributed by atoms with van der Waals surface area (Å²) in [5, 5.41) is 13.5. The highest BCUT2D eigenvalue weighted by Crippen LogP contribution is 2.58. The number of benzene rings is 1. The summed E-state index contributed by atoms with van der Waals surface area (Å²) in [6.07, 6.45) is 3.53. The number of hydrogen-bond acceptors (Lipinski definition) is 4. The minimum Gasteiger partial charge on any atom is -0.481 e. The van der Waals surface area contributed by atoms with Crippen LogP contribution in [-0.4, -0.2) is 53.5 Å². The van der Waals surface area contributed by atoms with Crippen LogP contribution in [0.3, 0.4) is 0 Å². The highest BCUT2D eigenvalue weighted by molar-refractivity contribution is 6.32. The lowest BCUT2D eigenvalue weighted by Crippen LogP contribution is -2.58. The average Bonchev–Trinajstić information content (AvgIpc) is 3.41. The summed E-state index contributed by atoms with van der Waals surface area (Å²) in [6, 6.07) is 6.81. The van der Waals surface area contributed by atoms with Crippen molar-refractivity contribution >= 4 is 35.0 Å². The largest absolute Gasteiger partial charge is 0.481 e. The molecule has 2 amide bonds. The van der Waals surface area contributed by atoms with Crippen molar-refractivity contribution in [2.75, 3.05) is 19.6 Å². The van der Waals surface area contributed by atoms with E-state index in [4.69, 9.17) is 17.3 Å². The molecule has 1 aromatic carbocycles. The summed E-state index contributed by atoms with van der Waals surface area (Å²) in [7, 11) is 0. The predicted molar refractivity (Wildman–Crippen MR) is 108 cm³/mol. The minimum absolute atomic E-state index is 0.210. The van der Waals surface area contributed by atoms with E-state index in [9.17, 15) is 19.5 Å². The number of carboxylic acid groups (broad SMARTS) is 1. The van der Waals surface area contributed by atoms with E-state index in [0.717, 1.165) is 11.1 Å². The molecule has 0 radical (unpaired) electrons. The summed E-state index contributed by atoms with van der Waals surface area (Å²) in [4.78, 5) is 38.1. The molecule has 2 aliphatic heterocycles. The number of nitrogens with one attached hydrogen (secondary N) is 1. The van der Waals surface area contributed by atoms with Crippen LogP contribution in [0.5, 0.6) is 0 Å². The zero-order valence-electron chi connectivity index (χ0n) is 15.9. The molecule has 1 saturated heterocycles. The van der Waals surface area contributed by atoms with Crippen molar-refractivity contribution in [3.8, 4) is 0 Å². The van der Waals surface area contributed by atoms with Crippen LogP contribution in [0.4, 0.5) is 0 Å². The van der Waals surface area contributed by atoms with Gasteiger partial charge in [-0.05, 0) is 41.9 Å². The molecule has 1 saturated carbocycles. The maximum Gasteiger partial charge on any atom is 0.308 e. The fourth-order valence-electron chi connectivity index (χ4n) is 4.78. The molecule has 4 unspecified atom stereocenters. The summed E-state index contributed by atoms with van der Waals surface area (Å²) in [6.45, 7) is 1.36. The van der Waals surface area contributed by atoms with Crippen LogP contribution in [-0.2, 0) is 14.4 Å². The summed E-state index contributed by atoms with van der Waals surface area (Å²) >= 11 is 6.27. The first kappa shape index (κ1) is 19.9. The smallest absolute Gasteiger partial charge is 0.308 e. The third kappa shape index (κ3) is 3.65. The topological polar surface area (TPSA) is 113 Å². The standard InChI is InChI=1S/C21H24ClN3O4/c22-16-4-2-1-3-13(16)12-5-7-25(8-6-12)19(27)17-14(20(28)29)9-21(11-24-17)10-15(21)18(23)26/h1-5,14-15,17,24H,6-11H2,(H2,23,26)(H,28,29). The van der Waals surface area contributed by atoms with Crippen molar-refractivity contribution in [2.45, 2.75) is 25.3 Å². The Balaban J connectivity index is 1.45. The van der Waals surface area contributed by atoms with Gasteiger partial charge in [0.25, 0.3) is 0 Å². The molecule has 1 aromatic rings. The first-order valence-corrected chi connectivity index (χ1v) is 10.2. The van der Waals surface area contributed by atoms with Gasteiger partial charge in [-0.25, -0.2) is 0 Å². The maximum atomic E-state index is 13.1. The number of carboxylic acids is 1. The van der Waals surface area contributed by atoms with Gasteiger partial charge in [0.2, 0.25) is 11.8 Å². The molecule has 7 nitrogen and oxygen atoms in total. The Morgan fingerprint density at radius 2 is 2.00 bits per heavy atom. The van der Waals surface area contributed by atoms with Gasteiger partial charge < -0.3 is 21.1 Å². The molecule has 4 rings (SSSR count). The molecule has 8 heteroatoms. The number of halogens is 1. The van der Waals surface area contributed by atoms with Gasteiger partial charge in [0.05, 0.1) is 5.92 Å². The van der Waals surface area contributed by atoms with Crippen molar-refractivity contribution in [3.05, 3.63) is 40.9 Å². The van der Waals surface area contributed by atoms with Gasteiger partial charge in [0, 0.05) is 30.6 Å². The van der Waals surface area contributed by atoms with E-state index in [1.807, 2.05) is 30.3 Å². The number of rotatable bonds is 4. The second kappa shape index (κ2) is 7.46. The molecule has 29 heavy (non-hydrogen) atoms. The van der Waals surface area contributed by atoms with Crippen LogP contribution >= 0.6 is 11.6 Å². The molecule has 4 N–H and O–H groups in total. The molecule has 2 fully saturated rings. The molecule has 1 spiro atoms. The first-order valence-electron chi connectivity index (χ1n) is 9.80. The molecule has 2 heterocycles. The second-order valence-corrected chi connectivity index (χ2v) is 8.68. The van der Waals surface area contributed by atoms with E-state index in [1.54, 1.807) is 4.90 Å². The van der Waals surface area contributed by atoms with Crippen molar-refractivity contribution in [1.29, 1.82) is 0 Å². The van der Waals surface area contributed by atoms with E-state index in [1.165, 1.54) is 0 Å². The first-order chi connectivity index (χ1) is 13.8. The Hall–Kier alpha value is -2.38.